The zero-order valence-corrected chi connectivity index (χ0v) is 8.08. The summed E-state index contributed by atoms with van der Waals surface area (Å²) in [4.78, 5) is 21.5. The molecule has 0 amide bonds. The van der Waals surface area contributed by atoms with Crippen LogP contribution in [-0.2, 0) is 9.53 Å². The summed E-state index contributed by atoms with van der Waals surface area (Å²) in [5, 5.41) is 2.79. The van der Waals surface area contributed by atoms with E-state index in [-0.39, 0.29) is 23.8 Å². The summed E-state index contributed by atoms with van der Waals surface area (Å²) in [6.07, 6.45) is 1.98. The van der Waals surface area contributed by atoms with Gasteiger partial charge in [-0.2, -0.15) is 4.91 Å². The highest BCUT2D eigenvalue weighted by Crippen LogP contribution is 2.52. The topological polar surface area (TPSA) is 55.7 Å². The zero-order chi connectivity index (χ0) is 9.90. The number of nitrogens with zero attached hydrogens (tertiary/aromatic N) is 1. The Bertz CT molecular complexity index is 211. The molecule has 0 aromatic rings. The molecule has 0 radical (unpaired) electrons. The van der Waals surface area contributed by atoms with Crippen LogP contribution in [0.4, 0.5) is 0 Å². The molecule has 0 N–H and O–H groups in total. The molecule has 0 aromatic heterocycles. The van der Waals surface area contributed by atoms with Crippen LogP contribution < -0.4 is 0 Å². The van der Waals surface area contributed by atoms with Crippen LogP contribution in [0, 0.1) is 16.2 Å². The number of carbonyl (C=O) groups excluding carboxylic acids is 1. The smallest absolute Gasteiger partial charge is 0.311 e. The summed E-state index contributed by atoms with van der Waals surface area (Å²) >= 11 is 0. The number of nitroso groups, excluding NO2 is 1. The minimum atomic E-state index is -0.329. The molecule has 0 heterocycles. The number of carbonyl (C=O) groups is 1. The summed E-state index contributed by atoms with van der Waals surface area (Å²) in [6.45, 7) is 4.18. The minimum Gasteiger partial charge on any atom is -0.466 e. The van der Waals surface area contributed by atoms with Gasteiger partial charge in [0.1, 0.15) is 0 Å². The van der Waals surface area contributed by atoms with Crippen molar-refractivity contribution in [3.05, 3.63) is 4.91 Å². The van der Waals surface area contributed by atoms with Crippen LogP contribution >= 0.6 is 0 Å². The first-order valence-electron chi connectivity index (χ1n) is 4.60. The van der Waals surface area contributed by atoms with Crippen molar-refractivity contribution >= 4 is 5.97 Å². The Hall–Kier alpha value is -0.930. The number of hydrogen-bond donors (Lipinski definition) is 0. The fourth-order valence-electron chi connectivity index (χ4n) is 1.44. The number of rotatable bonds is 5. The van der Waals surface area contributed by atoms with Gasteiger partial charge in [0.2, 0.25) is 0 Å². The Morgan fingerprint density at radius 1 is 1.62 bits per heavy atom. The zero-order valence-electron chi connectivity index (χ0n) is 8.08. The molecule has 1 unspecified atom stereocenters. The monoisotopic (exact) mass is 185 g/mol. The van der Waals surface area contributed by atoms with E-state index in [4.69, 9.17) is 4.74 Å². The van der Waals surface area contributed by atoms with E-state index in [0.29, 0.717) is 6.61 Å². The van der Waals surface area contributed by atoms with E-state index in [9.17, 15) is 9.70 Å². The second kappa shape index (κ2) is 3.85. The van der Waals surface area contributed by atoms with Gasteiger partial charge in [0.15, 0.2) is 0 Å². The number of esters is 1. The highest BCUT2D eigenvalue weighted by atomic mass is 16.5. The molecule has 0 saturated heterocycles. The van der Waals surface area contributed by atoms with E-state index in [0.717, 1.165) is 12.8 Å². The largest absolute Gasteiger partial charge is 0.466 e. The van der Waals surface area contributed by atoms with Gasteiger partial charge in [0.05, 0.1) is 19.1 Å². The Balaban J connectivity index is 2.56. The minimum absolute atomic E-state index is 0.0276. The van der Waals surface area contributed by atoms with Crippen molar-refractivity contribution in [1.82, 2.24) is 0 Å². The van der Waals surface area contributed by atoms with Gasteiger partial charge in [-0.3, -0.25) is 4.79 Å². The quantitative estimate of drug-likeness (QED) is 0.484. The van der Waals surface area contributed by atoms with Crippen molar-refractivity contribution in [3.8, 4) is 0 Å². The molecule has 1 fully saturated rings. The van der Waals surface area contributed by atoms with E-state index in [2.05, 4.69) is 5.18 Å². The summed E-state index contributed by atoms with van der Waals surface area (Å²) in [7, 11) is 0. The molecule has 13 heavy (non-hydrogen) atoms. The van der Waals surface area contributed by atoms with E-state index in [1.807, 2.05) is 6.92 Å². The van der Waals surface area contributed by atoms with Gasteiger partial charge < -0.3 is 4.74 Å². The molecule has 0 aromatic carbocycles. The molecule has 1 aliphatic rings. The molecule has 0 aliphatic heterocycles. The Morgan fingerprint density at radius 3 is 2.62 bits per heavy atom. The summed E-state index contributed by atoms with van der Waals surface area (Å²) < 4.78 is 4.89. The van der Waals surface area contributed by atoms with E-state index < -0.39 is 0 Å². The lowest BCUT2D eigenvalue weighted by molar-refractivity contribution is -0.149. The Kier molecular flexibility index (Phi) is 3.01. The first-order chi connectivity index (χ1) is 6.14. The normalized spacial score (nSPS) is 20.5. The molecular weight excluding hydrogens is 170 g/mol. The highest BCUT2D eigenvalue weighted by Gasteiger charge is 2.49. The van der Waals surface area contributed by atoms with Crippen LogP contribution in [0.2, 0.25) is 0 Å². The molecule has 4 heteroatoms. The van der Waals surface area contributed by atoms with Gasteiger partial charge in [-0.25, -0.2) is 0 Å². The lowest BCUT2D eigenvalue weighted by Gasteiger charge is -2.18. The second-order valence-corrected chi connectivity index (χ2v) is 3.77. The van der Waals surface area contributed by atoms with Crippen molar-refractivity contribution in [1.29, 1.82) is 0 Å². The van der Waals surface area contributed by atoms with Gasteiger partial charge in [-0.05, 0) is 25.2 Å². The van der Waals surface area contributed by atoms with Gasteiger partial charge >= 0.3 is 5.97 Å². The molecule has 1 aliphatic carbocycles. The lowest BCUT2D eigenvalue weighted by atomic mass is 9.91. The first-order valence-corrected chi connectivity index (χ1v) is 4.60. The summed E-state index contributed by atoms with van der Waals surface area (Å²) in [5.74, 6) is -0.605. The molecule has 1 rings (SSSR count). The van der Waals surface area contributed by atoms with Crippen LogP contribution in [0.1, 0.15) is 26.7 Å². The van der Waals surface area contributed by atoms with Crippen molar-refractivity contribution < 1.29 is 9.53 Å². The molecule has 1 atom stereocenters. The van der Waals surface area contributed by atoms with Crippen LogP contribution in [0.25, 0.3) is 0 Å². The average molecular weight is 185 g/mol. The molecular formula is C9H15NO3. The first kappa shape index (κ1) is 10.2. The predicted octanol–water partition coefficient (Wildman–Crippen LogP) is 1.73. The molecule has 1 saturated carbocycles. The molecule has 4 nitrogen and oxygen atoms in total. The third-order valence-corrected chi connectivity index (χ3v) is 2.71. The van der Waals surface area contributed by atoms with Crippen LogP contribution in [0.3, 0.4) is 0 Å². The predicted molar refractivity (Wildman–Crippen MR) is 48.1 cm³/mol. The third-order valence-electron chi connectivity index (χ3n) is 2.71. The maximum atomic E-state index is 11.4. The van der Waals surface area contributed by atoms with E-state index in [1.54, 1.807) is 6.92 Å². The van der Waals surface area contributed by atoms with Crippen molar-refractivity contribution in [2.24, 2.45) is 16.5 Å². The van der Waals surface area contributed by atoms with Gasteiger partial charge in [0, 0.05) is 0 Å². The maximum Gasteiger partial charge on any atom is 0.311 e. The number of hydrogen-bond acceptors (Lipinski definition) is 4. The fraction of sp³-hybridized carbons (Fsp3) is 0.889. The van der Waals surface area contributed by atoms with Crippen molar-refractivity contribution in [3.63, 3.8) is 0 Å². The van der Waals surface area contributed by atoms with Crippen molar-refractivity contribution in [2.45, 2.75) is 26.7 Å². The van der Waals surface area contributed by atoms with Crippen molar-refractivity contribution in [2.75, 3.05) is 13.2 Å². The summed E-state index contributed by atoms with van der Waals surface area (Å²) in [6, 6.07) is 0. The van der Waals surface area contributed by atoms with Gasteiger partial charge in [-0.15, -0.1) is 0 Å². The summed E-state index contributed by atoms with van der Waals surface area (Å²) in [5.41, 5.74) is -0.0276. The third kappa shape index (κ3) is 2.26. The second-order valence-electron chi connectivity index (χ2n) is 3.77. The number of ether oxygens (including phenoxy) is 1. The highest BCUT2D eigenvalue weighted by molar-refractivity contribution is 5.74. The average Bonchev–Trinajstić information content (AvgIpc) is 2.81. The molecule has 0 spiro atoms. The molecule has 0 bridgehead atoms. The SMILES string of the molecule is CCOC(=O)C(CN=O)C1(C)CC1. The van der Waals surface area contributed by atoms with E-state index >= 15 is 0 Å². The van der Waals surface area contributed by atoms with Crippen LogP contribution in [-0.4, -0.2) is 19.1 Å². The fourth-order valence-corrected chi connectivity index (χ4v) is 1.44. The standard InChI is InChI=1S/C9H15NO3/c1-3-13-8(11)7(6-10-12)9(2)4-5-9/h7H,3-6H2,1-2H3. The lowest BCUT2D eigenvalue weighted by Crippen LogP contribution is -2.27. The molecule has 74 valence electrons. The Labute approximate surface area is 77.6 Å². The van der Waals surface area contributed by atoms with Gasteiger partial charge in [-0.1, -0.05) is 12.1 Å². The van der Waals surface area contributed by atoms with Crippen LogP contribution in [0.15, 0.2) is 5.18 Å². The Morgan fingerprint density at radius 2 is 2.23 bits per heavy atom. The maximum absolute atomic E-state index is 11.4. The van der Waals surface area contributed by atoms with E-state index in [1.165, 1.54) is 0 Å². The van der Waals surface area contributed by atoms with Crippen LogP contribution in [0.5, 0.6) is 0 Å². The van der Waals surface area contributed by atoms with Gasteiger partial charge in [0.25, 0.3) is 0 Å².